The molecule has 1 heterocycles. The normalized spacial score (nSPS) is 10.9. The third-order valence-corrected chi connectivity index (χ3v) is 4.38. The molecule has 0 saturated carbocycles. The first kappa shape index (κ1) is 16.2. The fourth-order valence-electron chi connectivity index (χ4n) is 3.57. The van der Waals surface area contributed by atoms with Gasteiger partial charge >= 0.3 is 5.95 Å². The molecule has 24 heavy (non-hydrogen) atoms. The van der Waals surface area contributed by atoms with E-state index >= 15 is 0 Å². The molecule has 0 saturated heterocycles. The van der Waals surface area contributed by atoms with E-state index in [1.54, 1.807) is 0 Å². The van der Waals surface area contributed by atoms with Crippen molar-refractivity contribution in [1.29, 1.82) is 0 Å². The van der Waals surface area contributed by atoms with Gasteiger partial charge in [0.25, 0.3) is 0 Å². The molecule has 0 unspecified atom stereocenters. The standard InChI is InChI=1S/C20H24N4/c1-12-7-14(3)18(15(4)8-12)22-20-23-21-11-24(20)19-16(5)9-13(2)10-17(19)6/h7-11H,1-6H3,(H,22,23)/p+1. The van der Waals surface area contributed by atoms with Crippen LogP contribution in [0.5, 0.6) is 0 Å². The lowest BCUT2D eigenvalue weighted by Gasteiger charge is -2.13. The van der Waals surface area contributed by atoms with Crippen molar-refractivity contribution in [3.63, 3.8) is 0 Å². The molecule has 0 aliphatic carbocycles. The molecule has 0 aliphatic rings. The van der Waals surface area contributed by atoms with Crippen LogP contribution in [0.15, 0.2) is 30.6 Å². The van der Waals surface area contributed by atoms with E-state index < -0.39 is 0 Å². The molecule has 0 spiro atoms. The van der Waals surface area contributed by atoms with Crippen molar-refractivity contribution < 1.29 is 4.57 Å². The zero-order chi connectivity index (χ0) is 17.4. The molecular weight excluding hydrogens is 296 g/mol. The molecule has 4 nitrogen and oxygen atoms in total. The summed E-state index contributed by atoms with van der Waals surface area (Å²) >= 11 is 0. The number of aryl methyl sites for hydroxylation is 6. The highest BCUT2D eigenvalue weighted by Crippen LogP contribution is 2.25. The van der Waals surface area contributed by atoms with Gasteiger partial charge in [-0.15, -0.1) is 5.10 Å². The molecule has 0 atom stereocenters. The van der Waals surface area contributed by atoms with E-state index in [1.807, 2.05) is 6.33 Å². The lowest BCUT2D eigenvalue weighted by atomic mass is 10.0. The summed E-state index contributed by atoms with van der Waals surface area (Å²) in [5.41, 5.74) is 9.77. The number of rotatable bonds is 3. The predicted octanol–water partition coefficient (Wildman–Crippen LogP) is 4.28. The summed E-state index contributed by atoms with van der Waals surface area (Å²) in [5.74, 6) is 0.861. The molecule has 124 valence electrons. The van der Waals surface area contributed by atoms with Gasteiger partial charge in [-0.05, 0) is 68.9 Å². The molecule has 3 aromatic rings. The molecule has 0 radical (unpaired) electrons. The molecule has 1 aromatic heterocycles. The minimum absolute atomic E-state index is 0.861. The monoisotopic (exact) mass is 321 g/mol. The Morgan fingerprint density at radius 2 is 1.29 bits per heavy atom. The van der Waals surface area contributed by atoms with Crippen molar-refractivity contribution in [2.24, 2.45) is 0 Å². The predicted molar refractivity (Wildman–Crippen MR) is 98.3 cm³/mol. The maximum Gasteiger partial charge on any atom is 0.351 e. The zero-order valence-electron chi connectivity index (χ0n) is 15.3. The van der Waals surface area contributed by atoms with Crippen molar-refractivity contribution in [3.8, 4) is 5.69 Å². The van der Waals surface area contributed by atoms with Gasteiger partial charge in [0.1, 0.15) is 5.69 Å². The van der Waals surface area contributed by atoms with Gasteiger partial charge in [-0.1, -0.05) is 35.4 Å². The Morgan fingerprint density at radius 1 is 0.792 bits per heavy atom. The average molecular weight is 321 g/mol. The first-order valence-corrected chi connectivity index (χ1v) is 8.25. The lowest BCUT2D eigenvalue weighted by Crippen LogP contribution is -2.33. The Hall–Kier alpha value is -2.62. The minimum Gasteiger partial charge on any atom is -0.262 e. The van der Waals surface area contributed by atoms with Crippen molar-refractivity contribution in [2.45, 2.75) is 41.5 Å². The lowest BCUT2D eigenvalue weighted by molar-refractivity contribution is -0.581. The quantitative estimate of drug-likeness (QED) is 0.707. The number of nitrogens with one attached hydrogen (secondary N) is 2. The van der Waals surface area contributed by atoms with Crippen LogP contribution in [0.1, 0.15) is 33.4 Å². The summed E-state index contributed by atoms with van der Waals surface area (Å²) in [6, 6.07) is 8.79. The average Bonchev–Trinajstić information content (AvgIpc) is 2.89. The number of hydrogen-bond acceptors (Lipinski definition) is 2. The highest BCUT2D eigenvalue weighted by atomic mass is 15.3. The Kier molecular flexibility index (Phi) is 4.14. The van der Waals surface area contributed by atoms with Gasteiger partial charge in [-0.3, -0.25) is 5.32 Å². The first-order valence-electron chi connectivity index (χ1n) is 8.25. The van der Waals surface area contributed by atoms with Crippen LogP contribution in [0.4, 0.5) is 11.6 Å². The SMILES string of the molecule is Cc1cc(C)c(Nc2[nH]nc[n+]2-c2c(C)cc(C)cc2C)c(C)c1. The number of nitrogens with zero attached hydrogens (tertiary/aromatic N) is 2. The Bertz CT molecular complexity index is 860. The second-order valence-corrected chi connectivity index (χ2v) is 6.72. The van der Waals surface area contributed by atoms with Gasteiger partial charge in [0.05, 0.1) is 5.69 Å². The number of hydrogen-bond donors (Lipinski definition) is 2. The van der Waals surface area contributed by atoms with Gasteiger partial charge in [-0.2, -0.15) is 4.57 Å². The number of anilines is 2. The van der Waals surface area contributed by atoms with E-state index in [-0.39, 0.29) is 0 Å². The summed E-state index contributed by atoms with van der Waals surface area (Å²) in [5, 5.41) is 10.9. The second kappa shape index (κ2) is 6.11. The molecule has 2 aromatic carbocycles. The minimum atomic E-state index is 0.861. The first-order chi connectivity index (χ1) is 11.4. The van der Waals surface area contributed by atoms with E-state index in [0.717, 1.165) is 11.6 Å². The van der Waals surface area contributed by atoms with Crippen molar-refractivity contribution in [3.05, 3.63) is 64.0 Å². The van der Waals surface area contributed by atoms with Crippen LogP contribution in [0.3, 0.4) is 0 Å². The highest BCUT2D eigenvalue weighted by Gasteiger charge is 2.19. The maximum absolute atomic E-state index is 4.25. The molecule has 0 bridgehead atoms. The second-order valence-electron chi connectivity index (χ2n) is 6.72. The summed E-state index contributed by atoms with van der Waals surface area (Å²) in [4.78, 5) is 0. The molecule has 0 amide bonds. The van der Waals surface area contributed by atoms with Crippen molar-refractivity contribution in [2.75, 3.05) is 5.32 Å². The number of H-pyrrole nitrogens is 1. The molecule has 0 fully saturated rings. The van der Waals surface area contributed by atoms with Crippen LogP contribution in [-0.2, 0) is 0 Å². The van der Waals surface area contributed by atoms with Crippen LogP contribution >= 0.6 is 0 Å². The zero-order valence-corrected chi connectivity index (χ0v) is 15.3. The summed E-state index contributed by atoms with van der Waals surface area (Å²) < 4.78 is 2.09. The third-order valence-electron chi connectivity index (χ3n) is 4.38. The number of benzene rings is 2. The van der Waals surface area contributed by atoms with Gasteiger partial charge < -0.3 is 0 Å². The largest absolute Gasteiger partial charge is 0.351 e. The molecule has 4 heteroatoms. The fourth-order valence-corrected chi connectivity index (χ4v) is 3.57. The van der Waals surface area contributed by atoms with Gasteiger partial charge in [-0.25, -0.2) is 0 Å². The maximum atomic E-state index is 4.25. The van der Waals surface area contributed by atoms with E-state index in [2.05, 4.69) is 85.9 Å². The Balaban J connectivity index is 2.07. The molecule has 0 aliphatic heterocycles. The van der Waals surface area contributed by atoms with Crippen LogP contribution in [-0.4, -0.2) is 10.2 Å². The fraction of sp³-hybridized carbons (Fsp3) is 0.300. The van der Waals surface area contributed by atoms with Crippen molar-refractivity contribution >= 4 is 11.6 Å². The summed E-state index contributed by atoms with van der Waals surface area (Å²) in [6.45, 7) is 12.8. The van der Waals surface area contributed by atoms with Gasteiger partial charge in [0, 0.05) is 0 Å². The number of aromatic nitrogens is 3. The van der Waals surface area contributed by atoms with Gasteiger partial charge in [0.15, 0.2) is 0 Å². The Morgan fingerprint density at radius 3 is 1.83 bits per heavy atom. The highest BCUT2D eigenvalue weighted by molar-refractivity contribution is 5.63. The van der Waals surface area contributed by atoms with Crippen LogP contribution in [0.25, 0.3) is 5.69 Å². The summed E-state index contributed by atoms with van der Waals surface area (Å²) in [6.07, 6.45) is 1.83. The van der Waals surface area contributed by atoms with Crippen LogP contribution in [0, 0.1) is 41.5 Å². The van der Waals surface area contributed by atoms with E-state index in [0.29, 0.717) is 0 Å². The topological polar surface area (TPSA) is 44.6 Å². The molecular formula is C20H25N4+. The number of aromatic amines is 1. The van der Waals surface area contributed by atoms with Gasteiger partial charge in [0.2, 0.25) is 6.33 Å². The molecule has 2 N–H and O–H groups in total. The van der Waals surface area contributed by atoms with E-state index in [9.17, 15) is 0 Å². The van der Waals surface area contributed by atoms with Crippen molar-refractivity contribution in [1.82, 2.24) is 10.2 Å². The van der Waals surface area contributed by atoms with Crippen LogP contribution < -0.4 is 9.88 Å². The Labute approximate surface area is 143 Å². The summed E-state index contributed by atoms with van der Waals surface area (Å²) in [7, 11) is 0. The van der Waals surface area contributed by atoms with E-state index in [1.165, 1.54) is 39.1 Å². The van der Waals surface area contributed by atoms with E-state index in [4.69, 9.17) is 0 Å². The molecule has 3 rings (SSSR count). The third kappa shape index (κ3) is 2.92. The van der Waals surface area contributed by atoms with Crippen LogP contribution in [0.2, 0.25) is 0 Å². The smallest absolute Gasteiger partial charge is 0.262 e.